The van der Waals surface area contributed by atoms with E-state index in [1.807, 2.05) is 26.0 Å². The van der Waals surface area contributed by atoms with Gasteiger partial charge < -0.3 is 4.74 Å². The van der Waals surface area contributed by atoms with Gasteiger partial charge in [0.1, 0.15) is 0 Å². The molecule has 0 fully saturated rings. The predicted octanol–water partition coefficient (Wildman–Crippen LogP) is 3.54. The maximum Gasteiger partial charge on any atom is 0.373 e. The van der Waals surface area contributed by atoms with Crippen molar-refractivity contribution in [2.45, 2.75) is 45.6 Å². The second kappa shape index (κ2) is 8.02. The van der Waals surface area contributed by atoms with E-state index in [1.54, 1.807) is 19.2 Å². The molecule has 1 aromatic rings. The van der Waals surface area contributed by atoms with Crippen LogP contribution < -0.4 is 0 Å². The van der Waals surface area contributed by atoms with E-state index in [-0.39, 0.29) is 5.60 Å². The lowest BCUT2D eigenvalue weighted by Crippen LogP contribution is -2.24. The number of benzene rings is 1. The maximum atomic E-state index is 11.7. The first-order valence-corrected chi connectivity index (χ1v) is 6.96. The van der Waals surface area contributed by atoms with Crippen LogP contribution >= 0.6 is 0 Å². The zero-order valence-electron chi connectivity index (χ0n) is 12.8. The molecule has 0 heterocycles. The number of hydrogen-bond acceptors (Lipinski definition) is 4. The van der Waals surface area contributed by atoms with Crippen LogP contribution in [-0.4, -0.2) is 25.3 Å². The van der Waals surface area contributed by atoms with Crippen LogP contribution in [0.4, 0.5) is 0 Å². The average molecular weight is 280 g/mol. The van der Waals surface area contributed by atoms with Gasteiger partial charge in [-0.25, -0.2) is 4.79 Å². The fourth-order valence-electron chi connectivity index (χ4n) is 1.63. The highest BCUT2D eigenvalue weighted by atomic mass is 17.2. The lowest BCUT2D eigenvalue weighted by molar-refractivity contribution is -0.247. The van der Waals surface area contributed by atoms with Gasteiger partial charge in [-0.15, -0.1) is 0 Å². The quantitative estimate of drug-likeness (QED) is 0.415. The number of aryl methyl sites for hydroxylation is 1. The highest BCUT2D eigenvalue weighted by Crippen LogP contribution is 2.13. The van der Waals surface area contributed by atoms with Crippen LogP contribution in [-0.2, 0) is 20.9 Å². The molecule has 1 rings (SSSR count). The minimum Gasteiger partial charge on any atom is -0.379 e. The Kier molecular flexibility index (Phi) is 6.68. The monoisotopic (exact) mass is 280 g/mol. The second-order valence-electron chi connectivity index (χ2n) is 5.35. The minimum absolute atomic E-state index is 0.284. The summed E-state index contributed by atoms with van der Waals surface area (Å²) in [7, 11) is 1.64. The summed E-state index contributed by atoms with van der Waals surface area (Å²) in [5.41, 5.74) is 1.43. The summed E-state index contributed by atoms with van der Waals surface area (Å²) in [5.74, 6) is -0.469. The van der Waals surface area contributed by atoms with Gasteiger partial charge in [-0.3, -0.25) is 4.89 Å². The zero-order chi connectivity index (χ0) is 15.0. The molecule has 112 valence electrons. The van der Waals surface area contributed by atoms with Gasteiger partial charge in [-0.05, 0) is 38.0 Å². The molecule has 0 aliphatic heterocycles. The molecule has 0 spiro atoms. The van der Waals surface area contributed by atoms with Crippen LogP contribution in [0.2, 0.25) is 0 Å². The highest BCUT2D eigenvalue weighted by Gasteiger charge is 2.16. The summed E-state index contributed by atoms with van der Waals surface area (Å²) < 4.78 is 5.24. The van der Waals surface area contributed by atoms with E-state index in [9.17, 15) is 4.79 Å². The first-order valence-electron chi connectivity index (χ1n) is 6.96. The van der Waals surface area contributed by atoms with Gasteiger partial charge in [-0.1, -0.05) is 25.5 Å². The van der Waals surface area contributed by atoms with E-state index in [0.29, 0.717) is 18.6 Å². The van der Waals surface area contributed by atoms with Crippen LogP contribution in [0.25, 0.3) is 0 Å². The van der Waals surface area contributed by atoms with Gasteiger partial charge in [0.15, 0.2) is 0 Å². The Bertz CT molecular complexity index is 409. The van der Waals surface area contributed by atoms with Gasteiger partial charge in [0, 0.05) is 13.5 Å². The molecular formula is C16H24O4. The molecule has 1 aromatic carbocycles. The molecule has 0 aromatic heterocycles. The SMILES string of the molecule is CCCc1ccc(C(=O)OOCCC(C)(C)OC)cc1. The molecule has 4 heteroatoms. The van der Waals surface area contributed by atoms with Gasteiger partial charge in [0.25, 0.3) is 0 Å². The third-order valence-electron chi connectivity index (χ3n) is 3.20. The summed E-state index contributed by atoms with van der Waals surface area (Å²) in [6.07, 6.45) is 2.74. The number of hydrogen-bond donors (Lipinski definition) is 0. The Labute approximate surface area is 121 Å². The fourth-order valence-corrected chi connectivity index (χ4v) is 1.63. The number of rotatable bonds is 8. The number of carbonyl (C=O) groups excluding carboxylic acids is 1. The molecule has 4 nitrogen and oxygen atoms in total. The van der Waals surface area contributed by atoms with Crippen LogP contribution in [0.3, 0.4) is 0 Å². The maximum absolute atomic E-state index is 11.7. The van der Waals surface area contributed by atoms with Gasteiger partial charge in [0.05, 0.1) is 17.8 Å². The molecule has 0 radical (unpaired) electrons. The number of methoxy groups -OCH3 is 1. The van der Waals surface area contributed by atoms with Crippen molar-refractivity contribution in [3.8, 4) is 0 Å². The van der Waals surface area contributed by atoms with Crippen molar-refractivity contribution in [1.29, 1.82) is 0 Å². The standard InChI is InChI=1S/C16H24O4/c1-5-6-13-7-9-14(10-8-13)15(17)20-19-12-11-16(2,3)18-4/h7-10H,5-6,11-12H2,1-4H3. The second-order valence-corrected chi connectivity index (χ2v) is 5.35. The first kappa shape index (κ1) is 16.7. The third-order valence-corrected chi connectivity index (χ3v) is 3.20. The summed E-state index contributed by atoms with van der Waals surface area (Å²) in [4.78, 5) is 21.4. The summed E-state index contributed by atoms with van der Waals surface area (Å²) >= 11 is 0. The van der Waals surface area contributed by atoms with Crippen molar-refractivity contribution in [3.63, 3.8) is 0 Å². The Balaban J connectivity index is 2.35. The molecule has 0 atom stereocenters. The van der Waals surface area contributed by atoms with Crippen molar-refractivity contribution >= 4 is 5.97 Å². The van der Waals surface area contributed by atoms with E-state index in [4.69, 9.17) is 14.5 Å². The molecule has 0 saturated carbocycles. The topological polar surface area (TPSA) is 44.8 Å². The van der Waals surface area contributed by atoms with Crippen LogP contribution in [0.1, 0.15) is 49.5 Å². The summed E-state index contributed by atoms with van der Waals surface area (Å²) in [6, 6.07) is 7.40. The Morgan fingerprint density at radius 3 is 2.40 bits per heavy atom. The summed E-state index contributed by atoms with van der Waals surface area (Å²) in [6.45, 7) is 6.33. The van der Waals surface area contributed by atoms with Crippen molar-refractivity contribution in [2.24, 2.45) is 0 Å². The lowest BCUT2D eigenvalue weighted by atomic mass is 10.1. The Morgan fingerprint density at radius 1 is 1.20 bits per heavy atom. The smallest absolute Gasteiger partial charge is 0.373 e. The normalized spacial score (nSPS) is 11.4. The number of ether oxygens (including phenoxy) is 1. The van der Waals surface area contributed by atoms with E-state index >= 15 is 0 Å². The van der Waals surface area contributed by atoms with Crippen LogP contribution in [0, 0.1) is 0 Å². The van der Waals surface area contributed by atoms with Crippen molar-refractivity contribution < 1.29 is 19.3 Å². The van der Waals surface area contributed by atoms with Crippen molar-refractivity contribution in [1.82, 2.24) is 0 Å². The molecule has 0 bridgehead atoms. The minimum atomic E-state index is -0.469. The van der Waals surface area contributed by atoms with Crippen LogP contribution in [0.5, 0.6) is 0 Å². The van der Waals surface area contributed by atoms with E-state index in [0.717, 1.165) is 12.8 Å². The zero-order valence-corrected chi connectivity index (χ0v) is 12.8. The van der Waals surface area contributed by atoms with E-state index in [1.165, 1.54) is 5.56 Å². The third kappa shape index (κ3) is 5.72. The Morgan fingerprint density at radius 2 is 1.85 bits per heavy atom. The molecule has 20 heavy (non-hydrogen) atoms. The van der Waals surface area contributed by atoms with Gasteiger partial charge >= 0.3 is 5.97 Å². The number of carbonyl (C=O) groups is 1. The summed E-state index contributed by atoms with van der Waals surface area (Å²) in [5, 5.41) is 0. The van der Waals surface area contributed by atoms with Gasteiger partial charge in [-0.2, -0.15) is 4.89 Å². The molecule has 0 amide bonds. The highest BCUT2D eigenvalue weighted by molar-refractivity contribution is 5.88. The van der Waals surface area contributed by atoms with Gasteiger partial charge in [0.2, 0.25) is 0 Å². The van der Waals surface area contributed by atoms with E-state index < -0.39 is 5.97 Å². The predicted molar refractivity (Wildman–Crippen MR) is 77.5 cm³/mol. The van der Waals surface area contributed by atoms with Crippen molar-refractivity contribution in [2.75, 3.05) is 13.7 Å². The van der Waals surface area contributed by atoms with Crippen molar-refractivity contribution in [3.05, 3.63) is 35.4 Å². The first-order chi connectivity index (χ1) is 9.48. The van der Waals surface area contributed by atoms with E-state index in [2.05, 4.69) is 6.92 Å². The largest absolute Gasteiger partial charge is 0.379 e. The molecule has 0 unspecified atom stereocenters. The average Bonchev–Trinajstić information content (AvgIpc) is 2.44. The molecule has 0 aliphatic carbocycles. The molecular weight excluding hydrogens is 256 g/mol. The van der Waals surface area contributed by atoms with Crippen LogP contribution in [0.15, 0.2) is 24.3 Å². The molecule has 0 N–H and O–H groups in total. The Hall–Kier alpha value is -1.39. The molecule has 0 saturated heterocycles. The molecule has 0 aliphatic rings. The fraction of sp³-hybridized carbons (Fsp3) is 0.562. The lowest BCUT2D eigenvalue weighted by Gasteiger charge is -2.21.